The maximum atomic E-state index is 13.0. The molecule has 1 aromatic carbocycles. The molecule has 0 fully saturated rings. The van der Waals surface area contributed by atoms with Crippen LogP contribution in [0.4, 0.5) is 8.78 Å². The molecule has 0 aliphatic rings. The molecule has 0 bridgehead atoms. The number of rotatable bonds is 3. The normalized spacial score (nSPS) is 11.0. The van der Waals surface area contributed by atoms with Crippen LogP contribution in [0.3, 0.4) is 0 Å². The Balaban J connectivity index is 2.83. The molecule has 0 heterocycles. The summed E-state index contributed by atoms with van der Waals surface area (Å²) in [5.74, 6) is -1.56. The summed E-state index contributed by atoms with van der Waals surface area (Å²) < 4.78 is 25.7. The predicted molar refractivity (Wildman–Crippen MR) is 50.3 cm³/mol. The molecule has 13 heavy (non-hydrogen) atoms. The lowest BCUT2D eigenvalue weighted by Gasteiger charge is -1.96. The molecular formula is C11H12F2. The maximum absolute atomic E-state index is 13.0. The molecule has 0 amide bonds. The number of hydrogen-bond donors (Lipinski definition) is 0. The fourth-order valence-electron chi connectivity index (χ4n) is 1.03. The molecule has 0 aliphatic carbocycles. The van der Waals surface area contributed by atoms with E-state index in [0.29, 0.717) is 5.56 Å². The van der Waals surface area contributed by atoms with E-state index in [1.54, 1.807) is 12.1 Å². The van der Waals surface area contributed by atoms with E-state index in [2.05, 4.69) is 0 Å². The zero-order chi connectivity index (χ0) is 9.68. The minimum Gasteiger partial charge on any atom is -0.204 e. The Bertz CT molecular complexity index is 303. The van der Waals surface area contributed by atoms with Gasteiger partial charge < -0.3 is 0 Å². The van der Waals surface area contributed by atoms with Crippen LogP contribution in [0.25, 0.3) is 6.08 Å². The Morgan fingerprint density at radius 1 is 1.31 bits per heavy atom. The molecule has 0 spiro atoms. The summed E-state index contributed by atoms with van der Waals surface area (Å²) in [5.41, 5.74) is 0.313. The van der Waals surface area contributed by atoms with Crippen LogP contribution >= 0.6 is 0 Å². The number of hydrogen-bond acceptors (Lipinski definition) is 0. The van der Waals surface area contributed by atoms with Gasteiger partial charge in [0.2, 0.25) is 0 Å². The smallest absolute Gasteiger partial charge is 0.166 e. The maximum Gasteiger partial charge on any atom is 0.166 e. The predicted octanol–water partition coefficient (Wildman–Crippen LogP) is 3.78. The van der Waals surface area contributed by atoms with Gasteiger partial charge in [-0.05, 0) is 12.5 Å². The average Bonchev–Trinajstić information content (AvgIpc) is 2.13. The summed E-state index contributed by atoms with van der Waals surface area (Å²) in [5, 5.41) is 0. The number of allylic oxidation sites excluding steroid dienone is 1. The summed E-state index contributed by atoms with van der Waals surface area (Å²) in [4.78, 5) is 0. The van der Waals surface area contributed by atoms with Crippen LogP contribution in [0.1, 0.15) is 25.3 Å². The molecule has 0 aromatic heterocycles. The van der Waals surface area contributed by atoms with Crippen LogP contribution in [-0.2, 0) is 0 Å². The molecule has 0 N–H and O–H groups in total. The number of unbranched alkanes of at least 4 members (excludes halogenated alkanes) is 1. The van der Waals surface area contributed by atoms with Crippen molar-refractivity contribution < 1.29 is 8.78 Å². The van der Waals surface area contributed by atoms with Crippen molar-refractivity contribution in [2.75, 3.05) is 0 Å². The second-order valence-corrected chi connectivity index (χ2v) is 2.83. The number of benzene rings is 1. The Hall–Kier alpha value is -1.18. The zero-order valence-electron chi connectivity index (χ0n) is 7.56. The van der Waals surface area contributed by atoms with Gasteiger partial charge in [0, 0.05) is 5.56 Å². The molecule has 0 nitrogen and oxygen atoms in total. The van der Waals surface area contributed by atoms with Gasteiger partial charge in [-0.1, -0.05) is 37.6 Å². The van der Waals surface area contributed by atoms with Gasteiger partial charge in [-0.3, -0.25) is 0 Å². The topological polar surface area (TPSA) is 0 Å². The highest BCUT2D eigenvalue weighted by Gasteiger charge is 2.03. The van der Waals surface area contributed by atoms with Crippen molar-refractivity contribution in [2.24, 2.45) is 0 Å². The first-order chi connectivity index (χ1) is 6.25. The van der Waals surface area contributed by atoms with Crippen molar-refractivity contribution >= 4 is 6.08 Å². The van der Waals surface area contributed by atoms with Crippen molar-refractivity contribution in [1.82, 2.24) is 0 Å². The minimum atomic E-state index is -0.793. The average molecular weight is 182 g/mol. The summed E-state index contributed by atoms with van der Waals surface area (Å²) in [6.45, 7) is 2.03. The molecule has 1 aromatic rings. The summed E-state index contributed by atoms with van der Waals surface area (Å²) in [7, 11) is 0. The molecule has 0 radical (unpaired) electrons. The van der Waals surface area contributed by atoms with Gasteiger partial charge in [-0.2, -0.15) is 0 Å². The van der Waals surface area contributed by atoms with Crippen LogP contribution in [0.2, 0.25) is 0 Å². The Morgan fingerprint density at radius 2 is 2.08 bits per heavy atom. The van der Waals surface area contributed by atoms with E-state index in [9.17, 15) is 8.78 Å². The van der Waals surface area contributed by atoms with Gasteiger partial charge in [0.15, 0.2) is 11.6 Å². The first-order valence-electron chi connectivity index (χ1n) is 4.36. The van der Waals surface area contributed by atoms with Gasteiger partial charge in [-0.25, -0.2) is 8.78 Å². The molecular weight excluding hydrogens is 170 g/mol. The second kappa shape index (κ2) is 4.75. The number of halogens is 2. The van der Waals surface area contributed by atoms with Gasteiger partial charge in [0.1, 0.15) is 0 Å². The van der Waals surface area contributed by atoms with Crippen LogP contribution < -0.4 is 0 Å². The van der Waals surface area contributed by atoms with E-state index >= 15 is 0 Å². The van der Waals surface area contributed by atoms with Crippen molar-refractivity contribution in [3.8, 4) is 0 Å². The molecule has 0 unspecified atom stereocenters. The van der Waals surface area contributed by atoms with E-state index in [1.165, 1.54) is 6.07 Å². The van der Waals surface area contributed by atoms with Crippen molar-refractivity contribution in [2.45, 2.75) is 19.8 Å². The standard InChI is InChI=1S/C11H12F2/c1-2-3-4-6-9-7-5-8-10(12)11(9)13/h4-8H,2-3H2,1H3/b6-4+. The van der Waals surface area contributed by atoms with Crippen molar-refractivity contribution in [3.63, 3.8) is 0 Å². The lowest BCUT2D eigenvalue weighted by atomic mass is 10.1. The minimum absolute atomic E-state index is 0.313. The monoisotopic (exact) mass is 182 g/mol. The largest absolute Gasteiger partial charge is 0.204 e. The fraction of sp³-hybridized carbons (Fsp3) is 0.273. The van der Waals surface area contributed by atoms with Gasteiger partial charge in [0.25, 0.3) is 0 Å². The molecule has 70 valence electrons. The van der Waals surface area contributed by atoms with Crippen LogP contribution in [0.15, 0.2) is 24.3 Å². The molecule has 0 saturated heterocycles. The van der Waals surface area contributed by atoms with Crippen LogP contribution in [0, 0.1) is 11.6 Å². The van der Waals surface area contributed by atoms with Gasteiger partial charge in [0.05, 0.1) is 0 Å². The SMILES string of the molecule is CCC/C=C/c1cccc(F)c1F. The van der Waals surface area contributed by atoms with E-state index < -0.39 is 11.6 Å². The highest BCUT2D eigenvalue weighted by molar-refractivity contribution is 5.49. The van der Waals surface area contributed by atoms with E-state index in [4.69, 9.17) is 0 Å². The first-order valence-corrected chi connectivity index (χ1v) is 4.36. The van der Waals surface area contributed by atoms with Gasteiger partial charge in [-0.15, -0.1) is 0 Å². The summed E-state index contributed by atoms with van der Waals surface area (Å²) >= 11 is 0. The Labute approximate surface area is 76.9 Å². The third-order valence-electron chi connectivity index (χ3n) is 1.73. The summed E-state index contributed by atoms with van der Waals surface area (Å²) in [6.07, 6.45) is 5.35. The molecule has 0 atom stereocenters. The molecule has 0 aliphatic heterocycles. The van der Waals surface area contributed by atoms with Gasteiger partial charge >= 0.3 is 0 Å². The first kappa shape index (κ1) is 9.90. The molecule has 1 rings (SSSR count). The fourth-order valence-corrected chi connectivity index (χ4v) is 1.03. The highest BCUT2D eigenvalue weighted by Crippen LogP contribution is 2.13. The Morgan fingerprint density at radius 3 is 2.77 bits per heavy atom. The third kappa shape index (κ3) is 2.65. The van der Waals surface area contributed by atoms with Crippen molar-refractivity contribution in [1.29, 1.82) is 0 Å². The second-order valence-electron chi connectivity index (χ2n) is 2.83. The molecule has 2 heteroatoms. The quantitative estimate of drug-likeness (QED) is 0.667. The van der Waals surface area contributed by atoms with Crippen LogP contribution in [-0.4, -0.2) is 0 Å². The highest BCUT2D eigenvalue weighted by atomic mass is 19.2. The van der Waals surface area contributed by atoms with E-state index in [0.717, 1.165) is 18.9 Å². The van der Waals surface area contributed by atoms with Crippen molar-refractivity contribution in [3.05, 3.63) is 41.5 Å². The Kier molecular flexibility index (Phi) is 3.62. The molecule has 0 saturated carbocycles. The summed E-state index contributed by atoms with van der Waals surface area (Å²) in [6, 6.07) is 4.18. The van der Waals surface area contributed by atoms with Crippen LogP contribution in [0.5, 0.6) is 0 Å². The zero-order valence-corrected chi connectivity index (χ0v) is 7.56. The third-order valence-corrected chi connectivity index (χ3v) is 1.73. The lowest BCUT2D eigenvalue weighted by molar-refractivity contribution is 0.507. The van der Waals surface area contributed by atoms with E-state index in [1.807, 2.05) is 13.0 Å². The van der Waals surface area contributed by atoms with E-state index in [-0.39, 0.29) is 0 Å². The lowest BCUT2D eigenvalue weighted by Crippen LogP contribution is -1.86.